The molecule has 10 heteroatoms. The Morgan fingerprint density at radius 3 is 2.45 bits per heavy atom. The first-order chi connectivity index (χ1) is 18.9. The molecule has 40 heavy (non-hydrogen) atoms. The summed E-state index contributed by atoms with van der Waals surface area (Å²) in [6, 6.07) is 7.78. The average Bonchev–Trinajstić information content (AvgIpc) is 3.68. The Labute approximate surface area is 240 Å². The number of likely N-dealkylation sites (tertiary alicyclic amines) is 1. The maximum absolute atomic E-state index is 14.8. The standard InChI is InChI=1S/C30H37ClF2N2O4S/c1-3-28(21-10-23(31)13-24(32)11-21)35-8-6-30(7-9-35)15-19(16-30)17-39-18-22-12-27(33)26(14-25(22)20-4-5-20)29(36)34-40(2,37)38/h10-14,19-20,28H,3-9,15-18H2,1-2H3,(H,34,36). The molecule has 1 heterocycles. The third-order valence-corrected chi connectivity index (χ3v) is 9.55. The van der Waals surface area contributed by atoms with E-state index in [0.29, 0.717) is 23.0 Å². The summed E-state index contributed by atoms with van der Waals surface area (Å²) in [6.07, 6.45) is 8.12. The number of carbonyl (C=O) groups is 1. The van der Waals surface area contributed by atoms with Crippen molar-refractivity contribution in [3.05, 3.63) is 69.2 Å². The fraction of sp³-hybridized carbons (Fsp3) is 0.567. The third kappa shape index (κ3) is 6.86. The number of piperidine rings is 1. The summed E-state index contributed by atoms with van der Waals surface area (Å²) in [5.74, 6) is -1.28. The van der Waals surface area contributed by atoms with Crippen molar-refractivity contribution in [3.63, 3.8) is 0 Å². The van der Waals surface area contributed by atoms with Gasteiger partial charge >= 0.3 is 0 Å². The van der Waals surface area contributed by atoms with Gasteiger partial charge in [0.05, 0.1) is 18.4 Å². The number of nitrogens with one attached hydrogen (secondary N) is 1. The van der Waals surface area contributed by atoms with Gasteiger partial charge in [0.1, 0.15) is 11.6 Å². The highest BCUT2D eigenvalue weighted by atomic mass is 35.5. The number of hydrogen-bond acceptors (Lipinski definition) is 5. The summed E-state index contributed by atoms with van der Waals surface area (Å²) in [7, 11) is -3.78. The van der Waals surface area contributed by atoms with Gasteiger partial charge in [0.25, 0.3) is 5.91 Å². The minimum Gasteiger partial charge on any atom is -0.376 e. The van der Waals surface area contributed by atoms with Crippen LogP contribution in [0.4, 0.5) is 8.78 Å². The predicted octanol–water partition coefficient (Wildman–Crippen LogP) is 6.35. The molecule has 218 valence electrons. The van der Waals surface area contributed by atoms with Gasteiger partial charge in [0.2, 0.25) is 10.0 Å². The van der Waals surface area contributed by atoms with E-state index in [0.717, 1.165) is 81.0 Å². The summed E-state index contributed by atoms with van der Waals surface area (Å²) in [5, 5.41) is 0.434. The number of nitrogens with zero attached hydrogens (tertiary/aromatic N) is 1. The van der Waals surface area contributed by atoms with Crippen LogP contribution in [0.15, 0.2) is 30.3 Å². The molecule has 2 saturated carbocycles. The second-order valence-electron chi connectivity index (χ2n) is 12.0. The summed E-state index contributed by atoms with van der Waals surface area (Å²) >= 11 is 6.11. The quantitative estimate of drug-likeness (QED) is 0.347. The first-order valence-corrected chi connectivity index (χ1v) is 16.3. The lowest BCUT2D eigenvalue weighted by molar-refractivity contribution is -0.0594. The van der Waals surface area contributed by atoms with Crippen molar-refractivity contribution < 1.29 is 26.7 Å². The molecule has 2 aliphatic carbocycles. The van der Waals surface area contributed by atoms with Crippen LogP contribution in [-0.2, 0) is 21.4 Å². The lowest BCUT2D eigenvalue weighted by Crippen LogP contribution is -2.48. The first-order valence-electron chi connectivity index (χ1n) is 14.1. The first kappa shape index (κ1) is 29.4. The van der Waals surface area contributed by atoms with Crippen LogP contribution in [0.1, 0.15) is 90.9 Å². The Balaban J connectivity index is 1.12. The van der Waals surface area contributed by atoms with Gasteiger partial charge in [-0.3, -0.25) is 9.69 Å². The topological polar surface area (TPSA) is 75.7 Å². The number of halogens is 3. The Bertz CT molecular complexity index is 1350. The van der Waals surface area contributed by atoms with Crippen molar-refractivity contribution in [1.82, 2.24) is 9.62 Å². The molecule has 6 nitrogen and oxygen atoms in total. The molecule has 2 aromatic carbocycles. The normalized spacial score (nSPS) is 20.3. The molecular weight excluding hydrogens is 558 g/mol. The molecule has 1 amide bonds. The van der Waals surface area contributed by atoms with Crippen LogP contribution in [0.5, 0.6) is 0 Å². The predicted molar refractivity (Wildman–Crippen MR) is 151 cm³/mol. The number of sulfonamides is 1. The Kier molecular flexibility index (Phi) is 8.58. The van der Waals surface area contributed by atoms with Crippen LogP contribution in [0.3, 0.4) is 0 Å². The maximum Gasteiger partial charge on any atom is 0.267 e. The molecule has 1 spiro atoms. The third-order valence-electron chi connectivity index (χ3n) is 8.78. The lowest BCUT2D eigenvalue weighted by Gasteiger charge is -2.53. The highest BCUT2D eigenvalue weighted by molar-refractivity contribution is 7.89. The molecule has 2 aromatic rings. The molecule has 0 aromatic heterocycles. The van der Waals surface area contributed by atoms with Crippen molar-refractivity contribution in [1.29, 1.82) is 0 Å². The van der Waals surface area contributed by atoms with Gasteiger partial charge in [-0.1, -0.05) is 18.5 Å². The maximum atomic E-state index is 14.8. The Morgan fingerprint density at radius 1 is 1.15 bits per heavy atom. The van der Waals surface area contributed by atoms with E-state index in [2.05, 4.69) is 11.8 Å². The SMILES string of the molecule is CCC(c1cc(F)cc(Cl)c1)N1CCC2(CC1)CC(COCc1cc(F)c(C(=O)NS(C)(=O)=O)cc1C1CC1)C2. The molecule has 3 aliphatic rings. The van der Waals surface area contributed by atoms with E-state index in [4.69, 9.17) is 16.3 Å². The monoisotopic (exact) mass is 594 g/mol. The smallest absolute Gasteiger partial charge is 0.267 e. The second-order valence-corrected chi connectivity index (χ2v) is 14.1. The summed E-state index contributed by atoms with van der Waals surface area (Å²) in [4.78, 5) is 14.7. The molecule has 3 fully saturated rings. The van der Waals surface area contributed by atoms with Gasteiger partial charge in [-0.25, -0.2) is 21.9 Å². The summed E-state index contributed by atoms with van der Waals surface area (Å²) in [5.41, 5.74) is 2.61. The van der Waals surface area contributed by atoms with Crippen molar-refractivity contribution in [2.75, 3.05) is 26.0 Å². The number of ether oxygens (including phenoxy) is 1. The second kappa shape index (κ2) is 11.7. The summed E-state index contributed by atoms with van der Waals surface area (Å²) in [6.45, 7) is 4.95. The zero-order valence-electron chi connectivity index (χ0n) is 23.0. The van der Waals surface area contributed by atoms with Gasteiger partial charge in [-0.2, -0.15) is 0 Å². The number of amides is 1. The molecule has 0 bridgehead atoms. The molecule has 0 radical (unpaired) electrons. The molecule has 1 aliphatic heterocycles. The van der Waals surface area contributed by atoms with Crippen LogP contribution < -0.4 is 4.72 Å². The van der Waals surface area contributed by atoms with E-state index in [1.165, 1.54) is 18.2 Å². The molecule has 5 rings (SSSR count). The van der Waals surface area contributed by atoms with Crippen LogP contribution in [0, 0.1) is 23.0 Å². The van der Waals surface area contributed by atoms with Crippen molar-refractivity contribution in [2.24, 2.45) is 11.3 Å². The van der Waals surface area contributed by atoms with Crippen LogP contribution in [0.25, 0.3) is 0 Å². The van der Waals surface area contributed by atoms with E-state index >= 15 is 0 Å². The average molecular weight is 595 g/mol. The minimum absolute atomic E-state index is 0.162. The molecule has 1 N–H and O–H groups in total. The van der Waals surface area contributed by atoms with Gasteiger partial charge < -0.3 is 4.74 Å². The van der Waals surface area contributed by atoms with Crippen molar-refractivity contribution in [3.8, 4) is 0 Å². The minimum atomic E-state index is -3.78. The molecule has 1 atom stereocenters. The summed E-state index contributed by atoms with van der Waals surface area (Å²) < 4.78 is 59.5. The van der Waals surface area contributed by atoms with Crippen molar-refractivity contribution in [2.45, 2.75) is 70.4 Å². The number of rotatable bonds is 10. The van der Waals surface area contributed by atoms with Gasteiger partial charge in [-0.05, 0) is 122 Å². The highest BCUT2D eigenvalue weighted by Gasteiger charge is 2.46. The number of hydrogen-bond donors (Lipinski definition) is 1. The molecule has 1 saturated heterocycles. The van der Waals surface area contributed by atoms with Crippen LogP contribution in [0.2, 0.25) is 5.02 Å². The Hall–Kier alpha value is -2.07. The van der Waals surface area contributed by atoms with E-state index < -0.39 is 21.7 Å². The fourth-order valence-electron chi connectivity index (χ4n) is 6.74. The van der Waals surface area contributed by atoms with Crippen LogP contribution in [-0.4, -0.2) is 45.2 Å². The van der Waals surface area contributed by atoms with Gasteiger partial charge in [0.15, 0.2) is 0 Å². The van der Waals surface area contributed by atoms with E-state index in [1.54, 1.807) is 6.07 Å². The number of benzene rings is 2. The van der Waals surface area contributed by atoms with E-state index in [-0.39, 0.29) is 29.9 Å². The lowest BCUT2D eigenvalue weighted by atomic mass is 9.57. The number of carbonyl (C=O) groups excluding carboxylic acids is 1. The zero-order valence-corrected chi connectivity index (χ0v) is 24.6. The van der Waals surface area contributed by atoms with Crippen molar-refractivity contribution >= 4 is 27.5 Å². The molecule has 1 unspecified atom stereocenters. The molecular formula is C30H37ClF2N2O4S. The van der Waals surface area contributed by atoms with E-state index in [1.807, 2.05) is 10.8 Å². The highest BCUT2D eigenvalue weighted by Crippen LogP contribution is 2.53. The zero-order chi connectivity index (χ0) is 28.7. The Morgan fingerprint density at radius 2 is 1.85 bits per heavy atom. The van der Waals surface area contributed by atoms with Gasteiger partial charge in [-0.15, -0.1) is 0 Å². The largest absolute Gasteiger partial charge is 0.376 e. The fourth-order valence-corrected chi connectivity index (χ4v) is 7.41. The van der Waals surface area contributed by atoms with Crippen LogP contribution >= 0.6 is 11.6 Å². The van der Waals surface area contributed by atoms with Gasteiger partial charge in [0, 0.05) is 17.7 Å². The van der Waals surface area contributed by atoms with E-state index in [9.17, 15) is 22.0 Å².